The maximum absolute atomic E-state index is 12.2. The second-order valence-electron chi connectivity index (χ2n) is 7.32. The Morgan fingerprint density at radius 2 is 2.03 bits per heavy atom. The van der Waals surface area contributed by atoms with Crippen LogP contribution in [-0.2, 0) is 16.1 Å². The number of H-pyrrole nitrogens is 1. The molecule has 29 heavy (non-hydrogen) atoms. The Labute approximate surface area is 172 Å². The summed E-state index contributed by atoms with van der Waals surface area (Å²) in [6.45, 7) is 5.43. The van der Waals surface area contributed by atoms with E-state index in [9.17, 15) is 14.7 Å². The number of benzene rings is 1. The summed E-state index contributed by atoms with van der Waals surface area (Å²) in [7, 11) is 0. The van der Waals surface area contributed by atoms with Gasteiger partial charge in [0.15, 0.2) is 0 Å². The smallest absolute Gasteiger partial charge is 0.325 e. The normalized spacial score (nSPS) is 16.7. The number of hydrogen-bond acceptors (Lipinski definition) is 5. The van der Waals surface area contributed by atoms with Crippen LogP contribution in [0.5, 0.6) is 0 Å². The molecule has 1 fully saturated rings. The quantitative estimate of drug-likeness (QED) is 0.579. The molecule has 8 heteroatoms. The van der Waals surface area contributed by atoms with Crippen LogP contribution in [-0.4, -0.2) is 57.9 Å². The van der Waals surface area contributed by atoms with Gasteiger partial charge < -0.3 is 15.4 Å². The summed E-state index contributed by atoms with van der Waals surface area (Å²) >= 11 is 1.75. The minimum atomic E-state index is -0.859. The molecule has 4 rings (SSSR count). The monoisotopic (exact) mass is 412 g/mol. The van der Waals surface area contributed by atoms with Gasteiger partial charge in [0.25, 0.3) is 0 Å². The second kappa shape index (κ2) is 8.36. The Bertz CT molecular complexity index is 1010. The highest BCUT2D eigenvalue weighted by atomic mass is 32.1. The van der Waals surface area contributed by atoms with E-state index in [2.05, 4.69) is 32.7 Å². The lowest BCUT2D eigenvalue weighted by Crippen LogP contribution is -2.48. The van der Waals surface area contributed by atoms with E-state index in [-0.39, 0.29) is 5.91 Å². The highest BCUT2D eigenvalue weighted by molar-refractivity contribution is 7.09. The topological polar surface area (TPSA) is 88.7 Å². The number of carboxylic acids is 1. The van der Waals surface area contributed by atoms with Gasteiger partial charge in [-0.25, -0.2) is 0 Å². The average molecular weight is 413 g/mol. The van der Waals surface area contributed by atoms with Crippen molar-refractivity contribution in [3.63, 3.8) is 0 Å². The van der Waals surface area contributed by atoms with Crippen molar-refractivity contribution in [1.29, 1.82) is 0 Å². The molecule has 1 aliphatic heterocycles. The molecule has 1 amide bonds. The molecule has 0 radical (unpaired) electrons. The Morgan fingerprint density at radius 3 is 2.69 bits per heavy atom. The van der Waals surface area contributed by atoms with Gasteiger partial charge >= 0.3 is 5.97 Å². The van der Waals surface area contributed by atoms with Crippen molar-refractivity contribution in [3.05, 3.63) is 52.3 Å². The van der Waals surface area contributed by atoms with Crippen LogP contribution in [0.4, 0.5) is 5.69 Å². The minimum absolute atomic E-state index is 0.155. The van der Waals surface area contributed by atoms with Crippen LogP contribution in [0, 0.1) is 0 Å². The lowest BCUT2D eigenvalue weighted by Gasteiger charge is -2.37. The molecule has 1 saturated heterocycles. The minimum Gasteiger partial charge on any atom is -0.480 e. The van der Waals surface area contributed by atoms with Gasteiger partial charge in [0.2, 0.25) is 5.91 Å². The van der Waals surface area contributed by atoms with E-state index in [0.717, 1.165) is 36.1 Å². The van der Waals surface area contributed by atoms with Crippen molar-refractivity contribution >= 4 is 39.8 Å². The molecule has 3 N–H and O–H groups in total. The molecule has 2 aromatic heterocycles. The van der Waals surface area contributed by atoms with Crippen LogP contribution in [0.25, 0.3) is 10.9 Å². The molecule has 152 valence electrons. The first-order chi connectivity index (χ1) is 14.0. The van der Waals surface area contributed by atoms with Crippen LogP contribution in [0.2, 0.25) is 0 Å². The van der Waals surface area contributed by atoms with Crippen LogP contribution >= 0.6 is 11.3 Å². The van der Waals surface area contributed by atoms with Gasteiger partial charge in [-0.3, -0.25) is 19.4 Å². The summed E-state index contributed by atoms with van der Waals surface area (Å²) in [5.74, 6) is -1.01. The number of anilines is 1. The molecule has 1 atom stereocenters. The number of fused-ring (bicyclic) bond motifs is 1. The summed E-state index contributed by atoms with van der Waals surface area (Å²) < 4.78 is 0. The molecule has 0 unspecified atom stereocenters. The Balaban J connectivity index is 1.53. The molecular formula is C21H24N4O3S. The van der Waals surface area contributed by atoms with Crippen molar-refractivity contribution in [2.45, 2.75) is 19.5 Å². The van der Waals surface area contributed by atoms with Gasteiger partial charge in [-0.15, -0.1) is 11.3 Å². The summed E-state index contributed by atoms with van der Waals surface area (Å²) in [4.78, 5) is 32.5. The zero-order valence-electron chi connectivity index (χ0n) is 16.2. The predicted octanol–water partition coefficient (Wildman–Crippen LogP) is 3.13. The van der Waals surface area contributed by atoms with E-state index in [1.807, 2.05) is 23.1 Å². The number of hydrogen-bond donors (Lipinski definition) is 3. The molecule has 0 saturated carbocycles. The second-order valence-corrected chi connectivity index (χ2v) is 8.35. The molecule has 3 aromatic rings. The lowest BCUT2D eigenvalue weighted by atomic mass is 10.0. The van der Waals surface area contributed by atoms with Gasteiger partial charge in [0, 0.05) is 72.9 Å². The number of rotatable bonds is 6. The lowest BCUT2D eigenvalue weighted by molar-refractivity contribution is -0.144. The summed E-state index contributed by atoms with van der Waals surface area (Å²) in [5.41, 5.74) is 2.25. The van der Waals surface area contributed by atoms with Gasteiger partial charge in [-0.1, -0.05) is 6.07 Å². The van der Waals surface area contributed by atoms with Crippen LogP contribution in [0.3, 0.4) is 0 Å². The van der Waals surface area contributed by atoms with Gasteiger partial charge in [0.1, 0.15) is 6.04 Å². The maximum Gasteiger partial charge on any atom is 0.325 e. The third-order valence-corrected chi connectivity index (χ3v) is 6.16. The number of nitrogens with one attached hydrogen (secondary N) is 2. The Kier molecular flexibility index (Phi) is 5.66. The fourth-order valence-electron chi connectivity index (χ4n) is 3.94. The standard InChI is InChI=1S/C21H24N4O3S/c1-14(26)23-15-4-5-19-17(11-15)18(12-22-19)20(21(27)28)25-8-6-24(7-9-25)13-16-3-2-10-29-16/h2-5,10-12,20,22H,6-9,13H2,1H3,(H,23,26)(H,27,28)/t20-/m1/s1. The Hall–Kier alpha value is -2.68. The van der Waals surface area contributed by atoms with Gasteiger partial charge in [-0.2, -0.15) is 0 Å². The predicted molar refractivity (Wildman–Crippen MR) is 114 cm³/mol. The van der Waals surface area contributed by atoms with Gasteiger partial charge in [-0.05, 0) is 29.6 Å². The zero-order valence-corrected chi connectivity index (χ0v) is 17.0. The van der Waals surface area contributed by atoms with Crippen LogP contribution in [0.1, 0.15) is 23.4 Å². The third-order valence-electron chi connectivity index (χ3n) is 5.29. The van der Waals surface area contributed by atoms with Crippen molar-refractivity contribution in [1.82, 2.24) is 14.8 Å². The number of aromatic amines is 1. The van der Waals surface area contributed by atoms with E-state index in [4.69, 9.17) is 0 Å². The molecule has 1 aliphatic rings. The Morgan fingerprint density at radius 1 is 1.24 bits per heavy atom. The van der Waals surface area contributed by atoms with E-state index in [0.29, 0.717) is 18.8 Å². The fraction of sp³-hybridized carbons (Fsp3) is 0.333. The number of aromatic nitrogens is 1. The third kappa shape index (κ3) is 4.34. The zero-order chi connectivity index (χ0) is 20.4. The molecule has 0 aliphatic carbocycles. The number of amides is 1. The summed E-state index contributed by atoms with van der Waals surface area (Å²) in [6.07, 6.45) is 1.78. The van der Waals surface area contributed by atoms with Crippen molar-refractivity contribution in [2.75, 3.05) is 31.5 Å². The summed E-state index contributed by atoms with van der Waals surface area (Å²) in [5, 5.41) is 15.7. The molecule has 7 nitrogen and oxygen atoms in total. The molecule has 0 spiro atoms. The highest BCUT2D eigenvalue weighted by Gasteiger charge is 2.32. The van der Waals surface area contributed by atoms with E-state index in [1.54, 1.807) is 17.5 Å². The molecule has 3 heterocycles. The SMILES string of the molecule is CC(=O)Nc1ccc2[nH]cc([C@H](C(=O)O)N3CCN(Cc4cccs4)CC3)c2c1. The number of aliphatic carboxylic acids is 1. The van der Waals surface area contributed by atoms with E-state index in [1.165, 1.54) is 11.8 Å². The number of thiophene rings is 1. The van der Waals surface area contributed by atoms with E-state index < -0.39 is 12.0 Å². The number of carbonyl (C=O) groups excluding carboxylic acids is 1. The van der Waals surface area contributed by atoms with Crippen molar-refractivity contribution in [2.24, 2.45) is 0 Å². The van der Waals surface area contributed by atoms with E-state index >= 15 is 0 Å². The average Bonchev–Trinajstić information content (AvgIpc) is 3.33. The number of piperazine rings is 1. The molecular weight excluding hydrogens is 388 g/mol. The van der Waals surface area contributed by atoms with Crippen molar-refractivity contribution in [3.8, 4) is 0 Å². The highest BCUT2D eigenvalue weighted by Crippen LogP contribution is 2.31. The van der Waals surface area contributed by atoms with Crippen LogP contribution in [0.15, 0.2) is 41.9 Å². The molecule has 1 aromatic carbocycles. The largest absolute Gasteiger partial charge is 0.480 e. The maximum atomic E-state index is 12.2. The summed E-state index contributed by atoms with van der Waals surface area (Å²) in [6, 6.07) is 8.98. The first-order valence-corrected chi connectivity index (χ1v) is 10.5. The molecule has 0 bridgehead atoms. The number of carbonyl (C=O) groups is 2. The van der Waals surface area contributed by atoms with Crippen LogP contribution < -0.4 is 5.32 Å². The number of carboxylic acid groups (broad SMARTS) is 1. The first kappa shape index (κ1) is 19.6. The fourth-order valence-corrected chi connectivity index (χ4v) is 4.68. The number of nitrogens with zero attached hydrogens (tertiary/aromatic N) is 2. The first-order valence-electron chi connectivity index (χ1n) is 9.61. The van der Waals surface area contributed by atoms with Crippen molar-refractivity contribution < 1.29 is 14.7 Å². The van der Waals surface area contributed by atoms with Gasteiger partial charge in [0.05, 0.1) is 0 Å².